The van der Waals surface area contributed by atoms with Gasteiger partial charge in [-0.2, -0.15) is 4.31 Å². The molecule has 4 rings (SSSR count). The summed E-state index contributed by atoms with van der Waals surface area (Å²) in [6.07, 6.45) is 8.60. The third-order valence-electron chi connectivity index (χ3n) is 7.51. The summed E-state index contributed by atoms with van der Waals surface area (Å²) in [5, 5.41) is 0. The lowest BCUT2D eigenvalue weighted by molar-refractivity contribution is -0.143. The molecular formula is C24H36N2O3S. The average Bonchev–Trinajstić information content (AvgIpc) is 2.78. The van der Waals surface area contributed by atoms with E-state index in [0.717, 1.165) is 24.9 Å². The maximum atomic E-state index is 13.3. The second-order valence-electron chi connectivity index (χ2n) is 9.69. The van der Waals surface area contributed by atoms with Crippen molar-refractivity contribution in [1.29, 1.82) is 0 Å². The van der Waals surface area contributed by atoms with Crippen molar-refractivity contribution >= 4 is 15.9 Å². The van der Waals surface area contributed by atoms with Crippen LogP contribution < -0.4 is 0 Å². The van der Waals surface area contributed by atoms with Crippen molar-refractivity contribution in [2.45, 2.75) is 82.1 Å². The van der Waals surface area contributed by atoms with E-state index in [0.29, 0.717) is 48.7 Å². The van der Waals surface area contributed by atoms with Gasteiger partial charge in [-0.15, -0.1) is 0 Å². The highest BCUT2D eigenvalue weighted by atomic mass is 32.2. The number of rotatable bonds is 4. The van der Waals surface area contributed by atoms with E-state index >= 15 is 0 Å². The van der Waals surface area contributed by atoms with Crippen molar-refractivity contribution in [1.82, 2.24) is 9.21 Å². The molecule has 0 N–H and O–H groups in total. The predicted molar refractivity (Wildman–Crippen MR) is 119 cm³/mol. The number of hydrogen-bond donors (Lipinski definition) is 0. The number of carbonyl (C=O) groups excluding carboxylic acids is 1. The highest BCUT2D eigenvalue weighted by molar-refractivity contribution is 7.89. The van der Waals surface area contributed by atoms with Gasteiger partial charge in [-0.1, -0.05) is 38.8 Å². The van der Waals surface area contributed by atoms with E-state index in [1.807, 2.05) is 12.1 Å². The van der Waals surface area contributed by atoms with Crippen LogP contribution in [0.1, 0.15) is 76.7 Å². The van der Waals surface area contributed by atoms with E-state index in [2.05, 4.69) is 18.7 Å². The molecule has 0 aromatic heterocycles. The van der Waals surface area contributed by atoms with E-state index in [4.69, 9.17) is 0 Å². The van der Waals surface area contributed by atoms with Crippen molar-refractivity contribution in [2.75, 3.05) is 19.6 Å². The Morgan fingerprint density at radius 3 is 2.20 bits per heavy atom. The maximum absolute atomic E-state index is 13.3. The number of piperidine rings is 2. The van der Waals surface area contributed by atoms with Crippen molar-refractivity contribution < 1.29 is 13.2 Å². The van der Waals surface area contributed by atoms with Crippen molar-refractivity contribution in [3.8, 4) is 0 Å². The third kappa shape index (κ3) is 4.31. The Morgan fingerprint density at radius 1 is 0.900 bits per heavy atom. The molecule has 2 heterocycles. The van der Waals surface area contributed by atoms with E-state index < -0.39 is 10.0 Å². The van der Waals surface area contributed by atoms with Crippen molar-refractivity contribution in [3.63, 3.8) is 0 Å². The molecule has 3 fully saturated rings. The van der Waals surface area contributed by atoms with Crippen LogP contribution in [0.5, 0.6) is 0 Å². The highest BCUT2D eigenvalue weighted by Gasteiger charge is 2.40. The van der Waals surface area contributed by atoms with Gasteiger partial charge in [-0.3, -0.25) is 4.79 Å². The lowest BCUT2D eigenvalue weighted by Gasteiger charge is -2.46. The number of likely N-dealkylation sites (tertiary alicyclic amines) is 1. The number of hydrogen-bond acceptors (Lipinski definition) is 3. The lowest BCUT2D eigenvalue weighted by Crippen LogP contribution is -2.53. The number of nitrogens with zero attached hydrogens (tertiary/aromatic N) is 2. The number of amides is 1. The molecule has 0 radical (unpaired) electrons. The van der Waals surface area contributed by atoms with Crippen LogP contribution in [-0.2, 0) is 14.8 Å². The Bertz CT molecular complexity index is 840. The molecule has 1 amide bonds. The highest BCUT2D eigenvalue weighted by Crippen LogP contribution is 2.37. The number of fused-ring (bicyclic) bond motifs is 1. The van der Waals surface area contributed by atoms with Gasteiger partial charge in [-0.25, -0.2) is 8.42 Å². The van der Waals surface area contributed by atoms with Gasteiger partial charge < -0.3 is 4.90 Å². The smallest absolute Gasteiger partial charge is 0.243 e. The molecule has 2 aliphatic heterocycles. The molecule has 0 bridgehead atoms. The van der Waals surface area contributed by atoms with Crippen LogP contribution in [0.3, 0.4) is 0 Å². The molecule has 30 heavy (non-hydrogen) atoms. The van der Waals surface area contributed by atoms with Crippen LogP contribution in [0.4, 0.5) is 0 Å². The molecule has 6 heteroatoms. The Kier molecular flexibility index (Phi) is 6.54. The summed E-state index contributed by atoms with van der Waals surface area (Å²) >= 11 is 0. The first-order valence-electron chi connectivity index (χ1n) is 11.8. The fourth-order valence-corrected chi connectivity index (χ4v) is 7.12. The molecule has 2 saturated heterocycles. The zero-order chi connectivity index (χ0) is 21.3. The van der Waals surface area contributed by atoms with Gasteiger partial charge >= 0.3 is 0 Å². The lowest BCUT2D eigenvalue weighted by atomic mass is 9.77. The van der Waals surface area contributed by atoms with Gasteiger partial charge in [0.25, 0.3) is 0 Å². The fraction of sp³-hybridized carbons (Fsp3) is 0.708. The molecule has 2 unspecified atom stereocenters. The number of sulfonamides is 1. The van der Waals surface area contributed by atoms with Crippen LogP contribution >= 0.6 is 0 Å². The molecule has 0 spiro atoms. The van der Waals surface area contributed by atoms with Crippen molar-refractivity contribution in [2.24, 2.45) is 11.8 Å². The van der Waals surface area contributed by atoms with Gasteiger partial charge in [0.05, 0.1) is 4.90 Å². The summed E-state index contributed by atoms with van der Waals surface area (Å²) in [4.78, 5) is 15.8. The quantitative estimate of drug-likeness (QED) is 0.709. The van der Waals surface area contributed by atoms with Crippen LogP contribution in [0, 0.1) is 11.8 Å². The van der Waals surface area contributed by atoms with Crippen LogP contribution in [0.2, 0.25) is 0 Å². The SMILES string of the molecule is CC(C)c1ccc(S(=O)(=O)N2CCC(C(=O)N3CCCC4CCCCC43)CC2)cc1. The summed E-state index contributed by atoms with van der Waals surface area (Å²) in [7, 11) is -3.49. The topological polar surface area (TPSA) is 57.7 Å². The molecule has 5 nitrogen and oxygen atoms in total. The summed E-state index contributed by atoms with van der Waals surface area (Å²) < 4.78 is 27.7. The van der Waals surface area contributed by atoms with Crippen LogP contribution in [0.15, 0.2) is 29.2 Å². The van der Waals surface area contributed by atoms with Gasteiger partial charge in [-0.05, 0) is 68.1 Å². The first-order valence-corrected chi connectivity index (χ1v) is 13.2. The second-order valence-corrected chi connectivity index (χ2v) is 11.6. The van der Waals surface area contributed by atoms with E-state index in [1.165, 1.54) is 25.7 Å². The Morgan fingerprint density at radius 2 is 1.53 bits per heavy atom. The first-order chi connectivity index (χ1) is 14.4. The molecule has 1 aliphatic carbocycles. The van der Waals surface area contributed by atoms with E-state index in [9.17, 15) is 13.2 Å². The molecule has 1 aromatic rings. The average molecular weight is 433 g/mol. The Balaban J connectivity index is 1.38. The minimum absolute atomic E-state index is 0.0274. The molecule has 3 aliphatic rings. The van der Waals surface area contributed by atoms with Gasteiger partial charge in [0.1, 0.15) is 0 Å². The summed E-state index contributed by atoms with van der Waals surface area (Å²) in [6, 6.07) is 7.69. The largest absolute Gasteiger partial charge is 0.339 e. The minimum Gasteiger partial charge on any atom is -0.339 e. The summed E-state index contributed by atoms with van der Waals surface area (Å²) in [5.41, 5.74) is 1.14. The second kappa shape index (κ2) is 8.99. The molecule has 2 atom stereocenters. The zero-order valence-electron chi connectivity index (χ0n) is 18.4. The molecule has 1 saturated carbocycles. The molecule has 1 aromatic carbocycles. The van der Waals surface area contributed by atoms with Gasteiger partial charge in [0.15, 0.2) is 0 Å². The minimum atomic E-state index is -3.49. The summed E-state index contributed by atoms with van der Waals surface area (Å²) in [5.74, 6) is 1.32. The maximum Gasteiger partial charge on any atom is 0.243 e. The zero-order valence-corrected chi connectivity index (χ0v) is 19.2. The summed E-state index contributed by atoms with van der Waals surface area (Å²) in [6.45, 7) is 5.96. The van der Waals surface area contributed by atoms with E-state index in [-0.39, 0.29) is 11.8 Å². The monoisotopic (exact) mass is 432 g/mol. The Labute approximate surface area is 181 Å². The normalized spacial score (nSPS) is 26.6. The molecular weight excluding hydrogens is 396 g/mol. The fourth-order valence-electron chi connectivity index (χ4n) is 5.65. The van der Waals surface area contributed by atoms with Crippen molar-refractivity contribution in [3.05, 3.63) is 29.8 Å². The van der Waals surface area contributed by atoms with Crippen LogP contribution in [-0.4, -0.2) is 49.2 Å². The number of benzene rings is 1. The van der Waals surface area contributed by atoms with E-state index in [1.54, 1.807) is 16.4 Å². The number of carbonyl (C=O) groups is 1. The third-order valence-corrected chi connectivity index (χ3v) is 9.43. The predicted octanol–water partition coefficient (Wildman–Crippen LogP) is 4.39. The van der Waals surface area contributed by atoms with Gasteiger partial charge in [0.2, 0.25) is 15.9 Å². The first kappa shape index (κ1) is 21.8. The Hall–Kier alpha value is -1.40. The molecule has 166 valence electrons. The standard InChI is InChI=1S/C24H36N2O3S/c1-18(2)19-9-11-22(12-10-19)30(28,29)25-16-13-21(14-17-25)24(27)26-15-5-7-20-6-3-4-8-23(20)26/h9-12,18,20-21,23H,3-8,13-17H2,1-2H3. The van der Waals surface area contributed by atoms with Gasteiger partial charge in [0, 0.05) is 31.6 Å². The van der Waals surface area contributed by atoms with Crippen LogP contribution in [0.25, 0.3) is 0 Å².